The van der Waals surface area contributed by atoms with E-state index in [9.17, 15) is 27.6 Å². The Hall–Kier alpha value is -3.52. The van der Waals surface area contributed by atoms with E-state index >= 15 is 0 Å². The molecule has 0 aliphatic rings. The molecule has 0 unspecified atom stereocenters. The molecule has 4 aromatic rings. The van der Waals surface area contributed by atoms with Gasteiger partial charge >= 0.3 is 12.3 Å². The zero-order valence-corrected chi connectivity index (χ0v) is 24.8. The van der Waals surface area contributed by atoms with E-state index in [1.165, 1.54) is 30.9 Å². The van der Waals surface area contributed by atoms with Gasteiger partial charge in [0, 0.05) is 11.3 Å². The predicted molar refractivity (Wildman–Crippen MR) is 152 cm³/mol. The number of nitrogens with one attached hydrogen (secondary N) is 1. The Morgan fingerprint density at radius 1 is 1.22 bits per heavy atom. The average molecular weight is 611 g/mol. The molecule has 0 bridgehead atoms. The molecule has 4 rings (SSSR count). The number of aromatic nitrogens is 3. The molecule has 1 N–H and O–H groups in total. The summed E-state index contributed by atoms with van der Waals surface area (Å²) in [5.74, 6) is -1.23. The highest BCUT2D eigenvalue weighted by Gasteiger charge is 2.36. The topological polar surface area (TPSA) is 108 Å². The zero-order chi connectivity index (χ0) is 30.3. The number of hydrogen-bond donors (Lipinski definition) is 1. The van der Waals surface area contributed by atoms with Crippen LogP contribution in [0.15, 0.2) is 44.7 Å². The molecule has 9 nitrogen and oxygen atoms in total. The van der Waals surface area contributed by atoms with Crippen LogP contribution in [0.1, 0.15) is 45.7 Å². The SMILES string of the molecule is Cc1c(-c2ncco2)sc2c1c(=O)n(C(C)(C)C(=O)NSC(C)(C)C)c(=O)n2CCc1cc(F)ccc1OC(F)F. The van der Waals surface area contributed by atoms with Gasteiger partial charge in [0.1, 0.15) is 28.2 Å². The third-order valence-electron chi connectivity index (χ3n) is 6.25. The number of carbonyl (C=O) groups is 1. The van der Waals surface area contributed by atoms with E-state index in [0.717, 1.165) is 46.1 Å². The summed E-state index contributed by atoms with van der Waals surface area (Å²) in [5, 5.41) is 0.176. The van der Waals surface area contributed by atoms with Gasteiger partial charge in [0.2, 0.25) is 5.89 Å². The number of aryl methyl sites for hydroxylation is 3. The highest BCUT2D eigenvalue weighted by atomic mass is 32.2. The van der Waals surface area contributed by atoms with Crippen molar-refractivity contribution in [3.63, 3.8) is 0 Å². The van der Waals surface area contributed by atoms with Crippen molar-refractivity contribution in [2.75, 3.05) is 0 Å². The maximum atomic E-state index is 14.1. The molecular weight excluding hydrogens is 581 g/mol. The van der Waals surface area contributed by atoms with Gasteiger partial charge in [-0.15, -0.1) is 11.3 Å². The first kappa shape index (κ1) is 30.4. The number of fused-ring (bicyclic) bond motifs is 1. The first-order valence-electron chi connectivity index (χ1n) is 12.5. The Bertz CT molecular complexity index is 1700. The quantitative estimate of drug-likeness (QED) is 0.251. The van der Waals surface area contributed by atoms with Crippen LogP contribution in [-0.4, -0.2) is 31.4 Å². The van der Waals surface area contributed by atoms with Crippen molar-refractivity contribution in [3.05, 3.63) is 68.4 Å². The number of alkyl halides is 2. The molecule has 220 valence electrons. The molecule has 0 radical (unpaired) electrons. The van der Waals surface area contributed by atoms with Gasteiger partial charge in [-0.1, -0.05) is 0 Å². The maximum Gasteiger partial charge on any atom is 0.387 e. The van der Waals surface area contributed by atoms with E-state index in [4.69, 9.17) is 4.42 Å². The van der Waals surface area contributed by atoms with Crippen LogP contribution in [0.4, 0.5) is 13.2 Å². The molecule has 0 aliphatic carbocycles. The molecule has 0 spiro atoms. The Labute approximate surface area is 241 Å². The van der Waals surface area contributed by atoms with Crippen LogP contribution in [0, 0.1) is 12.7 Å². The van der Waals surface area contributed by atoms with E-state index < -0.39 is 35.1 Å². The molecule has 0 fully saturated rings. The summed E-state index contributed by atoms with van der Waals surface area (Å²) >= 11 is 2.24. The number of nitrogens with zero attached hydrogens (tertiary/aromatic N) is 3. The zero-order valence-electron chi connectivity index (χ0n) is 23.2. The number of benzene rings is 1. The molecular formula is C27H29F3N4O5S2. The first-order valence-corrected chi connectivity index (χ1v) is 14.2. The minimum absolute atomic E-state index is 0.0925. The number of hydrogen-bond acceptors (Lipinski definition) is 8. The summed E-state index contributed by atoms with van der Waals surface area (Å²) in [4.78, 5) is 46.2. The largest absolute Gasteiger partial charge is 0.444 e. The monoisotopic (exact) mass is 610 g/mol. The number of ether oxygens (including phenoxy) is 1. The molecule has 3 heterocycles. The molecule has 0 saturated heterocycles. The predicted octanol–water partition coefficient (Wildman–Crippen LogP) is 5.47. The van der Waals surface area contributed by atoms with Gasteiger partial charge in [-0.25, -0.2) is 18.7 Å². The van der Waals surface area contributed by atoms with Crippen molar-refractivity contribution in [1.29, 1.82) is 0 Å². The number of oxazole rings is 1. The van der Waals surface area contributed by atoms with Crippen LogP contribution >= 0.6 is 23.3 Å². The minimum Gasteiger partial charge on any atom is -0.444 e. The summed E-state index contributed by atoms with van der Waals surface area (Å²) in [7, 11) is 0. The van der Waals surface area contributed by atoms with Gasteiger partial charge in [-0.3, -0.25) is 18.9 Å². The van der Waals surface area contributed by atoms with Gasteiger partial charge in [-0.2, -0.15) is 8.78 Å². The highest BCUT2D eigenvalue weighted by Crippen LogP contribution is 2.36. The van der Waals surface area contributed by atoms with E-state index in [1.54, 1.807) is 6.92 Å². The van der Waals surface area contributed by atoms with Crippen LogP contribution in [0.5, 0.6) is 5.75 Å². The normalized spacial score (nSPS) is 12.3. The summed E-state index contributed by atoms with van der Waals surface area (Å²) in [6.07, 6.45) is 2.73. The fraction of sp³-hybridized carbons (Fsp3) is 0.407. The van der Waals surface area contributed by atoms with Gasteiger partial charge in [0.25, 0.3) is 11.5 Å². The molecule has 0 atom stereocenters. The average Bonchev–Trinajstić information content (AvgIpc) is 3.51. The Balaban J connectivity index is 1.91. The molecule has 41 heavy (non-hydrogen) atoms. The second-order valence-electron chi connectivity index (χ2n) is 10.7. The second-order valence-corrected chi connectivity index (χ2v) is 13.4. The molecule has 0 aliphatic heterocycles. The molecule has 1 amide bonds. The van der Waals surface area contributed by atoms with E-state index in [2.05, 4.69) is 14.4 Å². The molecule has 1 aromatic carbocycles. The Morgan fingerprint density at radius 3 is 2.54 bits per heavy atom. The number of carbonyl (C=O) groups excluding carboxylic acids is 1. The number of rotatable bonds is 9. The smallest absolute Gasteiger partial charge is 0.387 e. The van der Waals surface area contributed by atoms with E-state index in [1.807, 2.05) is 20.8 Å². The standard InChI is InChI=1S/C27H29F3N4O5S2/c1-14-18-21(35)34(27(5,6)23(36)32-41-26(2,3)4)25(37)33(22(18)40-19(14)20-31-10-12-38-20)11-9-15-13-16(28)7-8-17(15)39-24(29)30/h7-8,10,12-13,24H,9,11H2,1-6H3,(H,32,36). The van der Waals surface area contributed by atoms with Crippen molar-refractivity contribution >= 4 is 39.4 Å². The third-order valence-corrected chi connectivity index (χ3v) is 8.45. The van der Waals surface area contributed by atoms with Gasteiger partial charge in [0.15, 0.2) is 0 Å². The maximum absolute atomic E-state index is 14.1. The van der Waals surface area contributed by atoms with Crippen LogP contribution in [-0.2, 0) is 23.3 Å². The van der Waals surface area contributed by atoms with Crippen molar-refractivity contribution in [2.24, 2.45) is 0 Å². The summed E-state index contributed by atoms with van der Waals surface area (Å²) in [6, 6.07) is 3.13. The van der Waals surface area contributed by atoms with Gasteiger partial charge in [-0.05, 0) is 89.2 Å². The van der Waals surface area contributed by atoms with Crippen LogP contribution < -0.4 is 20.7 Å². The molecule has 14 heteroatoms. The lowest BCUT2D eigenvalue weighted by atomic mass is 10.0. The van der Waals surface area contributed by atoms with Crippen LogP contribution in [0.2, 0.25) is 0 Å². The summed E-state index contributed by atoms with van der Waals surface area (Å²) < 4.78 is 54.6. The summed E-state index contributed by atoms with van der Waals surface area (Å²) in [5.41, 5.74) is -2.50. The lowest BCUT2D eigenvalue weighted by Crippen LogP contribution is -2.55. The van der Waals surface area contributed by atoms with Gasteiger partial charge in [0.05, 0.1) is 16.5 Å². The Kier molecular flexibility index (Phi) is 8.46. The lowest BCUT2D eigenvalue weighted by Gasteiger charge is -2.28. The highest BCUT2D eigenvalue weighted by molar-refractivity contribution is 7.99. The molecule has 0 saturated carbocycles. The second kappa shape index (κ2) is 11.4. The van der Waals surface area contributed by atoms with Crippen molar-refractivity contribution in [1.82, 2.24) is 18.8 Å². The fourth-order valence-electron chi connectivity index (χ4n) is 4.19. The number of halogens is 3. The van der Waals surface area contributed by atoms with Crippen molar-refractivity contribution in [2.45, 2.75) is 71.4 Å². The number of amides is 1. The van der Waals surface area contributed by atoms with E-state index in [0.29, 0.717) is 10.4 Å². The van der Waals surface area contributed by atoms with Gasteiger partial charge < -0.3 is 9.15 Å². The van der Waals surface area contributed by atoms with E-state index in [-0.39, 0.29) is 45.1 Å². The third kappa shape index (κ3) is 6.22. The van der Waals surface area contributed by atoms with Crippen molar-refractivity contribution < 1.29 is 27.1 Å². The van der Waals surface area contributed by atoms with Crippen LogP contribution in [0.25, 0.3) is 21.0 Å². The Morgan fingerprint density at radius 2 is 1.93 bits per heavy atom. The minimum atomic E-state index is -3.14. The number of thiophene rings is 1. The summed E-state index contributed by atoms with van der Waals surface area (Å²) in [6.45, 7) is 7.02. The van der Waals surface area contributed by atoms with Crippen LogP contribution in [0.3, 0.4) is 0 Å². The molecule has 3 aromatic heterocycles. The fourth-order valence-corrected chi connectivity index (χ4v) is 6.10. The lowest BCUT2D eigenvalue weighted by molar-refractivity contribution is -0.126. The first-order chi connectivity index (χ1) is 19.1. The van der Waals surface area contributed by atoms with Crippen molar-refractivity contribution in [3.8, 4) is 16.5 Å².